The third-order valence-electron chi connectivity index (χ3n) is 4.65. The van der Waals surface area contributed by atoms with E-state index in [1.807, 2.05) is 26.0 Å². The largest absolute Gasteiger partial charge is 0.394 e. The van der Waals surface area contributed by atoms with E-state index in [2.05, 4.69) is 15.1 Å². The van der Waals surface area contributed by atoms with Gasteiger partial charge < -0.3 is 25.1 Å². The highest BCUT2D eigenvalue weighted by atomic mass is 16.8. The molecule has 3 N–H and O–H groups in total. The van der Waals surface area contributed by atoms with Crippen LogP contribution in [0.4, 0.5) is 5.82 Å². The Kier molecular flexibility index (Phi) is 3.58. The molecule has 4 heterocycles. The Morgan fingerprint density at radius 2 is 2.16 bits per heavy atom. The van der Waals surface area contributed by atoms with Gasteiger partial charge in [0.05, 0.1) is 12.3 Å². The minimum atomic E-state index is -1.06. The lowest BCUT2D eigenvalue weighted by Gasteiger charge is -2.31. The summed E-state index contributed by atoms with van der Waals surface area (Å²) in [6.45, 7) is 3.48. The van der Waals surface area contributed by atoms with Crippen molar-refractivity contribution < 1.29 is 19.3 Å². The first-order chi connectivity index (χ1) is 11.9. The lowest BCUT2D eigenvalue weighted by Crippen LogP contribution is -2.43. The number of nitrogen functional groups attached to an aromatic ring is 1. The molecule has 134 valence electrons. The molecular weight excluding hydrogens is 326 g/mol. The van der Waals surface area contributed by atoms with Crippen LogP contribution in [0, 0.1) is 0 Å². The molecule has 2 unspecified atom stereocenters. The fourth-order valence-electron chi connectivity index (χ4n) is 3.73. The maximum atomic E-state index is 9.78. The Labute approximate surface area is 144 Å². The maximum Gasteiger partial charge on any atom is 0.174 e. The van der Waals surface area contributed by atoms with E-state index in [4.69, 9.17) is 19.9 Å². The molecule has 0 aliphatic carbocycles. The van der Waals surface area contributed by atoms with Crippen molar-refractivity contribution in [3.8, 4) is 0 Å². The number of hydrogen-bond donors (Lipinski definition) is 2. The monoisotopic (exact) mass is 347 g/mol. The third kappa shape index (κ3) is 2.27. The van der Waals surface area contributed by atoms with Crippen molar-refractivity contribution >= 4 is 17.5 Å². The van der Waals surface area contributed by atoms with E-state index < -0.39 is 29.7 Å². The molecule has 0 saturated carbocycles. The molecule has 4 rings (SSSR count). The quantitative estimate of drug-likeness (QED) is 0.757. The van der Waals surface area contributed by atoms with Gasteiger partial charge in [-0.15, -0.1) is 0 Å². The molecule has 2 aliphatic rings. The smallest absolute Gasteiger partial charge is 0.174 e. The van der Waals surface area contributed by atoms with Crippen LogP contribution in [0.5, 0.6) is 0 Å². The molecule has 9 nitrogen and oxygen atoms in total. The number of ether oxygens (including phenoxy) is 3. The lowest BCUT2D eigenvalue weighted by molar-refractivity contribution is -0.201. The standard InChI is InChI=1S/C16H21N5O4/c1-15(2)24-12-10(6-22)23-16(7-18-3,13(12)25-15)11-5-4-9-14(17)19-8-20-21(9)11/h4-5,7-8,10,12-13,22H,6H2,1-3H3,(H2,17,19,20)/t10-,12?,13?,16+/m1/s1. The van der Waals surface area contributed by atoms with Crippen LogP contribution in [0.1, 0.15) is 19.5 Å². The van der Waals surface area contributed by atoms with Crippen LogP contribution in [0.3, 0.4) is 0 Å². The summed E-state index contributed by atoms with van der Waals surface area (Å²) in [5.41, 5.74) is 6.23. The van der Waals surface area contributed by atoms with E-state index >= 15 is 0 Å². The van der Waals surface area contributed by atoms with Crippen LogP contribution in [0.25, 0.3) is 5.52 Å². The Morgan fingerprint density at radius 3 is 2.88 bits per heavy atom. The fraction of sp³-hybridized carbons (Fsp3) is 0.562. The Morgan fingerprint density at radius 1 is 1.36 bits per heavy atom. The first kappa shape index (κ1) is 16.4. The SMILES string of the molecule is CN=C[C@@]1(c2ccc3c(N)ncnn23)O[C@H](CO)C2OC(C)(C)OC21. The van der Waals surface area contributed by atoms with Gasteiger partial charge in [-0.3, -0.25) is 4.99 Å². The predicted molar refractivity (Wildman–Crippen MR) is 89.3 cm³/mol. The Balaban J connectivity index is 1.92. The lowest BCUT2D eigenvalue weighted by atomic mass is 9.92. The van der Waals surface area contributed by atoms with E-state index in [9.17, 15) is 5.11 Å². The summed E-state index contributed by atoms with van der Waals surface area (Å²) >= 11 is 0. The highest BCUT2D eigenvalue weighted by Gasteiger charge is 2.63. The van der Waals surface area contributed by atoms with Crippen molar-refractivity contribution in [2.24, 2.45) is 4.99 Å². The summed E-state index contributed by atoms with van der Waals surface area (Å²) < 4.78 is 20.0. The normalized spacial score (nSPS) is 34.2. The van der Waals surface area contributed by atoms with Gasteiger partial charge in [-0.2, -0.15) is 5.10 Å². The van der Waals surface area contributed by atoms with E-state index in [1.165, 1.54) is 6.33 Å². The average Bonchev–Trinajstić information content (AvgIpc) is 3.20. The zero-order valence-corrected chi connectivity index (χ0v) is 14.3. The molecule has 2 aliphatic heterocycles. The fourth-order valence-corrected chi connectivity index (χ4v) is 3.73. The molecule has 0 radical (unpaired) electrons. The average molecular weight is 347 g/mol. The molecule has 2 fully saturated rings. The molecule has 2 aromatic heterocycles. The number of nitrogens with two attached hydrogens (primary N) is 1. The number of anilines is 1. The van der Waals surface area contributed by atoms with E-state index in [-0.39, 0.29) is 6.61 Å². The van der Waals surface area contributed by atoms with Crippen molar-refractivity contribution in [3.05, 3.63) is 24.2 Å². The molecular formula is C16H21N5O4. The second kappa shape index (κ2) is 5.46. The summed E-state index contributed by atoms with van der Waals surface area (Å²) in [7, 11) is 1.66. The van der Waals surface area contributed by atoms with E-state index in [0.29, 0.717) is 17.0 Å². The number of aromatic nitrogens is 3. The first-order valence-electron chi connectivity index (χ1n) is 8.08. The molecule has 0 bridgehead atoms. The number of rotatable bonds is 3. The van der Waals surface area contributed by atoms with Crippen molar-refractivity contribution in [3.63, 3.8) is 0 Å². The zero-order chi connectivity index (χ0) is 17.8. The van der Waals surface area contributed by atoms with Gasteiger partial charge in [0.2, 0.25) is 0 Å². The molecule has 25 heavy (non-hydrogen) atoms. The molecule has 9 heteroatoms. The van der Waals surface area contributed by atoms with E-state index in [1.54, 1.807) is 17.8 Å². The minimum absolute atomic E-state index is 0.194. The number of hydrogen-bond acceptors (Lipinski definition) is 8. The first-order valence-corrected chi connectivity index (χ1v) is 8.08. The molecule has 0 aromatic carbocycles. The van der Waals surface area contributed by atoms with Crippen LogP contribution in [-0.2, 0) is 19.8 Å². The van der Waals surface area contributed by atoms with Crippen LogP contribution in [0.15, 0.2) is 23.5 Å². The minimum Gasteiger partial charge on any atom is -0.394 e. The molecule has 0 spiro atoms. The molecule has 2 aromatic rings. The molecule has 2 saturated heterocycles. The van der Waals surface area contributed by atoms with Crippen LogP contribution in [-0.4, -0.2) is 63.7 Å². The Bertz CT molecular complexity index is 835. The van der Waals surface area contributed by atoms with Gasteiger partial charge in [0, 0.05) is 13.3 Å². The summed E-state index contributed by atoms with van der Waals surface area (Å²) in [4.78, 5) is 8.21. The summed E-state index contributed by atoms with van der Waals surface area (Å²) in [5, 5.41) is 14.1. The zero-order valence-electron chi connectivity index (χ0n) is 14.3. The summed E-state index contributed by atoms with van der Waals surface area (Å²) in [6.07, 6.45) is 1.59. The highest BCUT2D eigenvalue weighted by Crippen LogP contribution is 2.48. The third-order valence-corrected chi connectivity index (χ3v) is 4.65. The number of aliphatic hydroxyl groups excluding tert-OH is 1. The molecule has 0 amide bonds. The van der Waals surface area contributed by atoms with Crippen molar-refractivity contribution in [2.75, 3.05) is 19.4 Å². The van der Waals surface area contributed by atoms with Crippen LogP contribution >= 0.6 is 0 Å². The topological polar surface area (TPSA) is 116 Å². The van der Waals surface area contributed by atoms with Crippen LogP contribution in [0.2, 0.25) is 0 Å². The van der Waals surface area contributed by atoms with Crippen molar-refractivity contribution in [1.29, 1.82) is 0 Å². The second-order valence-corrected chi connectivity index (χ2v) is 6.70. The summed E-state index contributed by atoms with van der Waals surface area (Å²) in [5.74, 6) is -0.428. The van der Waals surface area contributed by atoms with Gasteiger partial charge in [0.25, 0.3) is 0 Å². The van der Waals surface area contributed by atoms with Gasteiger partial charge >= 0.3 is 0 Å². The van der Waals surface area contributed by atoms with Gasteiger partial charge in [0.15, 0.2) is 17.2 Å². The summed E-state index contributed by atoms with van der Waals surface area (Å²) in [6, 6.07) is 3.68. The van der Waals surface area contributed by atoms with E-state index in [0.717, 1.165) is 0 Å². The van der Waals surface area contributed by atoms with Gasteiger partial charge in [-0.25, -0.2) is 9.50 Å². The predicted octanol–water partition coefficient (Wildman–Crippen LogP) is 0.119. The highest BCUT2D eigenvalue weighted by molar-refractivity contribution is 5.75. The number of fused-ring (bicyclic) bond motifs is 2. The van der Waals surface area contributed by atoms with Gasteiger partial charge in [-0.1, -0.05) is 0 Å². The van der Waals surface area contributed by atoms with Gasteiger partial charge in [0.1, 0.15) is 30.2 Å². The second-order valence-electron chi connectivity index (χ2n) is 6.70. The maximum absolute atomic E-state index is 9.78. The molecule has 4 atom stereocenters. The number of aliphatic hydroxyl groups is 1. The van der Waals surface area contributed by atoms with Crippen LogP contribution < -0.4 is 5.73 Å². The number of nitrogens with zero attached hydrogens (tertiary/aromatic N) is 4. The Hall–Kier alpha value is -2.07. The van der Waals surface area contributed by atoms with Gasteiger partial charge in [-0.05, 0) is 26.0 Å². The number of aliphatic imine (C=N–C) groups is 1. The van der Waals surface area contributed by atoms with Crippen molar-refractivity contribution in [2.45, 2.75) is 43.5 Å². The van der Waals surface area contributed by atoms with Crippen molar-refractivity contribution in [1.82, 2.24) is 14.6 Å².